The highest BCUT2D eigenvalue weighted by Crippen LogP contribution is 2.20. The molecule has 0 saturated carbocycles. The average Bonchev–Trinajstić information content (AvgIpc) is 2.61. The minimum absolute atomic E-state index is 0.672. The normalized spacial score (nSPS) is 20.3. The van der Waals surface area contributed by atoms with Gasteiger partial charge in [0.05, 0.1) is 6.54 Å². The van der Waals surface area contributed by atoms with Gasteiger partial charge in [-0.2, -0.15) is 23.5 Å². The lowest BCUT2D eigenvalue weighted by molar-refractivity contribution is 0.455. The molecule has 2 N–H and O–H groups in total. The number of hydrogen-bond donors (Lipinski definition) is 1. The van der Waals surface area contributed by atoms with Gasteiger partial charge in [-0.25, -0.2) is 4.99 Å². The Kier molecular flexibility index (Phi) is 5.78. The molecule has 1 aromatic carbocycles. The fourth-order valence-electron chi connectivity index (χ4n) is 2.70. The van der Waals surface area contributed by atoms with Gasteiger partial charge in [-0.15, -0.1) is 0 Å². The Labute approximate surface area is 141 Å². The van der Waals surface area contributed by atoms with E-state index < -0.39 is 0 Å². The molecule has 1 aromatic rings. The van der Waals surface area contributed by atoms with Gasteiger partial charge >= 0.3 is 0 Å². The van der Waals surface area contributed by atoms with E-state index in [2.05, 4.69) is 39.1 Å². The molecule has 0 radical (unpaired) electrons. The van der Waals surface area contributed by atoms with Crippen LogP contribution >= 0.6 is 23.5 Å². The fourth-order valence-corrected chi connectivity index (χ4v) is 4.50. The van der Waals surface area contributed by atoms with Crippen molar-refractivity contribution in [2.45, 2.75) is 6.54 Å². The highest BCUT2D eigenvalue weighted by Gasteiger charge is 2.12. The SMILES string of the molecule is NC(=NCc1ccc(N2CCSCC2)cc1)N1CCSCC1. The third-order valence-corrected chi connectivity index (χ3v) is 5.96. The van der Waals surface area contributed by atoms with Crippen LogP contribution in [0.1, 0.15) is 5.56 Å². The number of hydrogen-bond acceptors (Lipinski definition) is 4. The number of thioether (sulfide) groups is 2. The number of rotatable bonds is 3. The molecular formula is C16H24N4S2. The number of benzene rings is 1. The third kappa shape index (κ3) is 4.26. The van der Waals surface area contributed by atoms with E-state index in [1.807, 2.05) is 23.5 Å². The molecule has 0 aromatic heterocycles. The number of aliphatic imine (C=N–C) groups is 1. The fraction of sp³-hybridized carbons (Fsp3) is 0.562. The van der Waals surface area contributed by atoms with Crippen molar-refractivity contribution in [2.75, 3.05) is 54.1 Å². The van der Waals surface area contributed by atoms with Gasteiger partial charge in [-0.05, 0) is 17.7 Å². The zero-order chi connectivity index (χ0) is 15.2. The van der Waals surface area contributed by atoms with Gasteiger partial charge < -0.3 is 15.5 Å². The van der Waals surface area contributed by atoms with Crippen LogP contribution in [0.25, 0.3) is 0 Å². The number of nitrogens with zero attached hydrogens (tertiary/aromatic N) is 3. The van der Waals surface area contributed by atoms with Gasteiger partial charge in [0, 0.05) is 54.9 Å². The summed E-state index contributed by atoms with van der Waals surface area (Å²) in [7, 11) is 0. The second-order valence-electron chi connectivity index (χ2n) is 5.54. The van der Waals surface area contributed by atoms with E-state index in [1.165, 1.54) is 22.8 Å². The summed E-state index contributed by atoms with van der Waals surface area (Å²) in [5.74, 6) is 5.46. The molecule has 0 amide bonds. The quantitative estimate of drug-likeness (QED) is 0.676. The number of anilines is 1. The predicted molar refractivity (Wildman–Crippen MR) is 100 cm³/mol. The molecule has 0 unspecified atom stereocenters. The Bertz CT molecular complexity index is 491. The first kappa shape index (κ1) is 15.9. The topological polar surface area (TPSA) is 44.9 Å². The van der Waals surface area contributed by atoms with Crippen LogP contribution in [0.15, 0.2) is 29.3 Å². The van der Waals surface area contributed by atoms with Gasteiger partial charge in [0.1, 0.15) is 0 Å². The Balaban J connectivity index is 1.56. The van der Waals surface area contributed by atoms with E-state index in [1.54, 1.807) is 0 Å². The van der Waals surface area contributed by atoms with Crippen LogP contribution in [0.5, 0.6) is 0 Å². The molecule has 2 heterocycles. The summed E-state index contributed by atoms with van der Waals surface area (Å²) >= 11 is 4.03. The molecule has 6 heteroatoms. The molecule has 0 spiro atoms. The van der Waals surface area contributed by atoms with E-state index in [-0.39, 0.29) is 0 Å². The van der Waals surface area contributed by atoms with E-state index in [9.17, 15) is 0 Å². The van der Waals surface area contributed by atoms with Crippen molar-refractivity contribution in [3.63, 3.8) is 0 Å². The summed E-state index contributed by atoms with van der Waals surface area (Å²) in [6.45, 7) is 5.02. The lowest BCUT2D eigenvalue weighted by Crippen LogP contribution is -2.42. The van der Waals surface area contributed by atoms with Crippen molar-refractivity contribution in [2.24, 2.45) is 10.7 Å². The second kappa shape index (κ2) is 8.02. The molecule has 0 bridgehead atoms. The number of nitrogens with two attached hydrogens (primary N) is 1. The van der Waals surface area contributed by atoms with Crippen molar-refractivity contribution in [3.05, 3.63) is 29.8 Å². The van der Waals surface area contributed by atoms with Crippen LogP contribution in [-0.2, 0) is 6.54 Å². The van der Waals surface area contributed by atoms with Crippen LogP contribution in [0.4, 0.5) is 5.69 Å². The predicted octanol–water partition coefficient (Wildman–Crippen LogP) is 2.10. The van der Waals surface area contributed by atoms with Gasteiger partial charge in [0.15, 0.2) is 5.96 Å². The summed E-state index contributed by atoms with van der Waals surface area (Å²) in [6.07, 6.45) is 0. The molecule has 0 aliphatic carbocycles. The van der Waals surface area contributed by atoms with E-state index in [4.69, 9.17) is 5.73 Å². The molecule has 4 nitrogen and oxygen atoms in total. The zero-order valence-corrected chi connectivity index (χ0v) is 14.5. The Hall–Kier alpha value is -1.01. The summed E-state index contributed by atoms with van der Waals surface area (Å²) in [5.41, 5.74) is 8.65. The summed E-state index contributed by atoms with van der Waals surface area (Å²) < 4.78 is 0. The Morgan fingerprint density at radius 2 is 1.55 bits per heavy atom. The van der Waals surface area contributed by atoms with Crippen LogP contribution in [-0.4, -0.2) is 60.0 Å². The lowest BCUT2D eigenvalue weighted by atomic mass is 10.2. The molecule has 0 atom stereocenters. The van der Waals surface area contributed by atoms with E-state index in [0.29, 0.717) is 12.5 Å². The van der Waals surface area contributed by atoms with E-state index >= 15 is 0 Å². The first-order chi connectivity index (χ1) is 10.8. The molecule has 2 saturated heterocycles. The monoisotopic (exact) mass is 336 g/mol. The van der Waals surface area contributed by atoms with Gasteiger partial charge in [-0.1, -0.05) is 12.1 Å². The van der Waals surface area contributed by atoms with Crippen molar-refractivity contribution in [1.29, 1.82) is 0 Å². The van der Waals surface area contributed by atoms with Crippen LogP contribution in [0, 0.1) is 0 Å². The minimum Gasteiger partial charge on any atom is -0.370 e. The number of guanidine groups is 1. The van der Waals surface area contributed by atoms with Gasteiger partial charge in [-0.3, -0.25) is 0 Å². The molecule has 2 aliphatic heterocycles. The molecule has 22 heavy (non-hydrogen) atoms. The molecule has 120 valence electrons. The van der Waals surface area contributed by atoms with Gasteiger partial charge in [0.2, 0.25) is 0 Å². The van der Waals surface area contributed by atoms with Crippen molar-refractivity contribution < 1.29 is 0 Å². The zero-order valence-electron chi connectivity index (χ0n) is 12.9. The molecule has 3 rings (SSSR count). The first-order valence-corrected chi connectivity index (χ1v) is 10.2. The maximum atomic E-state index is 6.10. The summed E-state index contributed by atoms with van der Waals surface area (Å²) in [4.78, 5) is 9.21. The smallest absolute Gasteiger partial charge is 0.191 e. The summed E-state index contributed by atoms with van der Waals surface area (Å²) in [6, 6.07) is 8.79. The van der Waals surface area contributed by atoms with Crippen molar-refractivity contribution in [3.8, 4) is 0 Å². The largest absolute Gasteiger partial charge is 0.370 e. The summed E-state index contributed by atoms with van der Waals surface area (Å²) in [5, 5.41) is 0. The van der Waals surface area contributed by atoms with Crippen LogP contribution < -0.4 is 10.6 Å². The maximum absolute atomic E-state index is 6.10. The van der Waals surface area contributed by atoms with Crippen LogP contribution in [0.2, 0.25) is 0 Å². The Morgan fingerprint density at radius 3 is 2.18 bits per heavy atom. The molecule has 2 fully saturated rings. The van der Waals surface area contributed by atoms with Gasteiger partial charge in [0.25, 0.3) is 0 Å². The molecule has 2 aliphatic rings. The first-order valence-electron chi connectivity index (χ1n) is 7.87. The lowest BCUT2D eigenvalue weighted by Gasteiger charge is -2.28. The highest BCUT2D eigenvalue weighted by atomic mass is 32.2. The highest BCUT2D eigenvalue weighted by molar-refractivity contribution is 7.99. The minimum atomic E-state index is 0.672. The molecular weight excluding hydrogens is 312 g/mol. The average molecular weight is 337 g/mol. The maximum Gasteiger partial charge on any atom is 0.191 e. The van der Waals surface area contributed by atoms with Crippen molar-refractivity contribution in [1.82, 2.24) is 4.90 Å². The second-order valence-corrected chi connectivity index (χ2v) is 7.99. The third-order valence-electron chi connectivity index (χ3n) is 4.07. The van der Waals surface area contributed by atoms with Crippen LogP contribution in [0.3, 0.4) is 0 Å². The Morgan fingerprint density at radius 1 is 0.955 bits per heavy atom. The van der Waals surface area contributed by atoms with E-state index in [0.717, 1.165) is 37.7 Å². The van der Waals surface area contributed by atoms with Crippen molar-refractivity contribution >= 4 is 35.2 Å². The standard InChI is InChI=1S/C16H24N4S2/c17-16(20-7-11-22-12-8-20)18-13-14-1-3-15(4-2-14)19-5-9-21-10-6-19/h1-4H,5-13H2,(H2,17,18).